The van der Waals surface area contributed by atoms with E-state index in [-0.39, 0.29) is 11.8 Å². The molecule has 0 aliphatic heterocycles. The molecule has 1 aliphatic rings. The van der Waals surface area contributed by atoms with Gasteiger partial charge in [0.1, 0.15) is 0 Å². The lowest BCUT2D eigenvalue weighted by atomic mass is 9.70. The molecule has 1 aromatic heterocycles. The zero-order valence-corrected chi connectivity index (χ0v) is 12.7. The quantitative estimate of drug-likeness (QED) is 0.849. The van der Waals surface area contributed by atoms with Gasteiger partial charge < -0.3 is 4.52 Å². The van der Waals surface area contributed by atoms with Gasteiger partial charge in [-0.1, -0.05) is 25.9 Å². The highest BCUT2D eigenvalue weighted by Gasteiger charge is 2.32. The summed E-state index contributed by atoms with van der Waals surface area (Å²) >= 11 is 0. The van der Waals surface area contributed by atoms with Crippen molar-refractivity contribution in [3.63, 3.8) is 0 Å². The van der Waals surface area contributed by atoms with Crippen LogP contribution in [0.3, 0.4) is 0 Å². The fraction of sp³-hybridized carbons (Fsp3) is 0.800. The first-order valence-electron chi connectivity index (χ1n) is 7.40. The highest BCUT2D eigenvalue weighted by Crippen LogP contribution is 2.42. The predicted molar refractivity (Wildman–Crippen MR) is 73.2 cm³/mol. The van der Waals surface area contributed by atoms with Gasteiger partial charge in [-0.25, -0.2) is 8.78 Å². The molecule has 21 heavy (non-hydrogen) atoms. The minimum Gasteiger partial charge on any atom is -0.339 e. The maximum Gasteiger partial charge on any atom is 0.296 e. The van der Waals surface area contributed by atoms with Crippen LogP contribution in [0.25, 0.3) is 0 Å². The standard InChI is InChI=1S/C15H22F2N2O2/c1-15(2,3)10-6-4-9(5-7-10)14-18-12(21-19-14)8-11(20)13(16)17/h9-10,13H,4-8H2,1-3H3. The van der Waals surface area contributed by atoms with E-state index in [0.717, 1.165) is 25.7 Å². The highest BCUT2D eigenvalue weighted by molar-refractivity contribution is 5.82. The number of alkyl halides is 2. The Kier molecular flexibility index (Phi) is 4.74. The second-order valence-corrected chi connectivity index (χ2v) is 6.90. The van der Waals surface area contributed by atoms with Gasteiger partial charge >= 0.3 is 0 Å². The minimum atomic E-state index is -2.98. The molecular weight excluding hydrogens is 278 g/mol. The maximum atomic E-state index is 12.2. The van der Waals surface area contributed by atoms with Crippen LogP contribution in [0.5, 0.6) is 0 Å². The van der Waals surface area contributed by atoms with Crippen LogP contribution in [0, 0.1) is 11.3 Å². The number of aromatic nitrogens is 2. The van der Waals surface area contributed by atoms with Gasteiger partial charge in [0.25, 0.3) is 6.43 Å². The predicted octanol–water partition coefficient (Wildman–Crippen LogP) is 3.77. The van der Waals surface area contributed by atoms with Gasteiger partial charge in [0.05, 0.1) is 6.42 Å². The lowest BCUT2D eigenvalue weighted by Gasteiger charge is -2.36. The normalized spacial score (nSPS) is 23.5. The number of Topliss-reactive ketones (excluding diaryl/α,β-unsaturated/α-hetero) is 1. The zero-order chi connectivity index (χ0) is 15.6. The van der Waals surface area contributed by atoms with Gasteiger partial charge in [-0.3, -0.25) is 4.79 Å². The Morgan fingerprint density at radius 1 is 1.29 bits per heavy atom. The molecule has 0 amide bonds. The summed E-state index contributed by atoms with van der Waals surface area (Å²) in [5, 5.41) is 3.86. The van der Waals surface area contributed by atoms with Gasteiger partial charge in [0.15, 0.2) is 5.82 Å². The lowest BCUT2D eigenvalue weighted by Crippen LogP contribution is -2.25. The molecule has 0 saturated heterocycles. The molecular formula is C15H22F2N2O2. The number of carbonyl (C=O) groups is 1. The van der Waals surface area contributed by atoms with Crippen molar-refractivity contribution in [1.29, 1.82) is 0 Å². The minimum absolute atomic E-state index is 0.00625. The molecule has 1 heterocycles. The lowest BCUT2D eigenvalue weighted by molar-refractivity contribution is -0.129. The summed E-state index contributed by atoms with van der Waals surface area (Å²) in [4.78, 5) is 15.1. The van der Waals surface area contributed by atoms with E-state index >= 15 is 0 Å². The first-order valence-corrected chi connectivity index (χ1v) is 7.40. The van der Waals surface area contributed by atoms with Crippen molar-refractivity contribution in [2.45, 2.75) is 65.2 Å². The molecule has 2 rings (SSSR count). The van der Waals surface area contributed by atoms with Crippen LogP contribution < -0.4 is 0 Å². The van der Waals surface area contributed by atoms with Crippen molar-refractivity contribution < 1.29 is 18.1 Å². The number of hydrogen-bond donors (Lipinski definition) is 0. The zero-order valence-electron chi connectivity index (χ0n) is 12.7. The number of halogens is 2. The topological polar surface area (TPSA) is 56.0 Å². The molecule has 1 aromatic rings. The molecule has 6 heteroatoms. The summed E-state index contributed by atoms with van der Waals surface area (Å²) in [5.41, 5.74) is 0.303. The fourth-order valence-corrected chi connectivity index (χ4v) is 2.95. The second kappa shape index (κ2) is 6.20. The Bertz CT molecular complexity index is 486. The van der Waals surface area contributed by atoms with Crippen molar-refractivity contribution in [2.24, 2.45) is 11.3 Å². The van der Waals surface area contributed by atoms with E-state index < -0.39 is 18.6 Å². The summed E-state index contributed by atoms with van der Waals surface area (Å²) in [5.74, 6) is 0.262. The molecule has 0 atom stereocenters. The fourth-order valence-electron chi connectivity index (χ4n) is 2.95. The molecule has 1 aliphatic carbocycles. The van der Waals surface area contributed by atoms with Crippen molar-refractivity contribution in [1.82, 2.24) is 10.1 Å². The van der Waals surface area contributed by atoms with E-state index in [2.05, 4.69) is 30.9 Å². The Hall–Kier alpha value is -1.33. The van der Waals surface area contributed by atoms with Crippen LogP contribution in [0.2, 0.25) is 0 Å². The van der Waals surface area contributed by atoms with E-state index in [1.54, 1.807) is 0 Å². The summed E-state index contributed by atoms with van der Waals surface area (Å²) in [6.07, 6.45) is 0.694. The van der Waals surface area contributed by atoms with E-state index in [9.17, 15) is 13.6 Å². The Morgan fingerprint density at radius 3 is 2.43 bits per heavy atom. The van der Waals surface area contributed by atoms with Gasteiger partial charge in [-0.15, -0.1) is 0 Å². The largest absolute Gasteiger partial charge is 0.339 e. The number of nitrogens with zero attached hydrogens (tertiary/aromatic N) is 2. The summed E-state index contributed by atoms with van der Waals surface area (Å²) < 4.78 is 29.3. The van der Waals surface area contributed by atoms with E-state index in [1.165, 1.54) is 0 Å². The summed E-state index contributed by atoms with van der Waals surface area (Å²) in [7, 11) is 0. The van der Waals surface area contributed by atoms with Gasteiger partial charge in [-0.05, 0) is 37.0 Å². The average molecular weight is 300 g/mol. The molecule has 1 saturated carbocycles. The molecule has 0 spiro atoms. The van der Waals surface area contributed by atoms with E-state index in [4.69, 9.17) is 4.52 Å². The van der Waals surface area contributed by atoms with Gasteiger partial charge in [-0.2, -0.15) is 4.98 Å². The third-order valence-corrected chi connectivity index (χ3v) is 4.37. The van der Waals surface area contributed by atoms with Crippen LogP contribution >= 0.6 is 0 Å². The number of ketones is 1. The van der Waals surface area contributed by atoms with E-state index in [1.807, 2.05) is 0 Å². The third-order valence-electron chi connectivity index (χ3n) is 4.37. The smallest absolute Gasteiger partial charge is 0.296 e. The molecule has 118 valence electrons. The maximum absolute atomic E-state index is 12.2. The average Bonchev–Trinajstić information content (AvgIpc) is 2.86. The molecule has 0 aromatic carbocycles. The molecule has 0 bridgehead atoms. The summed E-state index contributed by atoms with van der Waals surface area (Å²) in [6, 6.07) is 0. The van der Waals surface area contributed by atoms with E-state index in [0.29, 0.717) is 17.2 Å². The van der Waals surface area contributed by atoms with Crippen LogP contribution in [0.4, 0.5) is 8.78 Å². The monoisotopic (exact) mass is 300 g/mol. The molecule has 0 N–H and O–H groups in total. The number of rotatable bonds is 4. The Labute approximate surface area is 123 Å². The summed E-state index contributed by atoms with van der Waals surface area (Å²) in [6.45, 7) is 6.75. The second-order valence-electron chi connectivity index (χ2n) is 6.90. The van der Waals surface area contributed by atoms with Crippen LogP contribution in [0.15, 0.2) is 4.52 Å². The highest BCUT2D eigenvalue weighted by atomic mass is 19.3. The molecule has 1 fully saturated rings. The van der Waals surface area contributed by atoms with Crippen LogP contribution in [0.1, 0.15) is 64.1 Å². The Balaban J connectivity index is 1.93. The van der Waals surface area contributed by atoms with Gasteiger partial charge in [0, 0.05) is 5.92 Å². The van der Waals surface area contributed by atoms with Crippen LogP contribution in [-0.2, 0) is 11.2 Å². The Morgan fingerprint density at radius 2 is 1.90 bits per heavy atom. The molecule has 4 nitrogen and oxygen atoms in total. The third kappa shape index (κ3) is 4.08. The van der Waals surface area contributed by atoms with Crippen molar-refractivity contribution in [2.75, 3.05) is 0 Å². The van der Waals surface area contributed by atoms with Gasteiger partial charge in [0.2, 0.25) is 11.7 Å². The molecule has 0 unspecified atom stereocenters. The number of carbonyl (C=O) groups excluding carboxylic acids is 1. The van der Waals surface area contributed by atoms with Crippen molar-refractivity contribution in [3.8, 4) is 0 Å². The van der Waals surface area contributed by atoms with Crippen molar-refractivity contribution in [3.05, 3.63) is 11.7 Å². The number of hydrogen-bond acceptors (Lipinski definition) is 4. The SMILES string of the molecule is CC(C)(C)C1CCC(c2noc(CC(=O)C(F)F)n2)CC1. The molecule has 0 radical (unpaired) electrons. The van der Waals surface area contributed by atoms with Crippen LogP contribution in [-0.4, -0.2) is 22.3 Å². The first-order chi connectivity index (χ1) is 9.77. The van der Waals surface area contributed by atoms with Crippen molar-refractivity contribution >= 4 is 5.78 Å². The first kappa shape index (κ1) is 16.0.